The van der Waals surface area contributed by atoms with Crippen LogP contribution in [0.1, 0.15) is 44.2 Å². The van der Waals surface area contributed by atoms with Crippen LogP contribution in [0, 0.1) is 0 Å². The molecule has 0 fully saturated rings. The van der Waals surface area contributed by atoms with Crippen LogP contribution in [0.25, 0.3) is 0 Å². The van der Waals surface area contributed by atoms with Gasteiger partial charge in [0.2, 0.25) is 0 Å². The minimum Gasteiger partial charge on any atom is -0.361 e. The molecule has 0 aliphatic heterocycles. The molecule has 1 aliphatic carbocycles. The van der Waals surface area contributed by atoms with Crippen LogP contribution in [-0.4, -0.2) is 16.0 Å². The summed E-state index contributed by atoms with van der Waals surface area (Å²) in [5.41, 5.74) is 1.49. The lowest BCUT2D eigenvalue weighted by Crippen LogP contribution is -2.50. The van der Waals surface area contributed by atoms with Crippen molar-refractivity contribution in [3.05, 3.63) is 59.7 Å². The van der Waals surface area contributed by atoms with E-state index in [0.29, 0.717) is 6.42 Å². The van der Waals surface area contributed by atoms with Gasteiger partial charge >= 0.3 is 0 Å². The van der Waals surface area contributed by atoms with Crippen LogP contribution in [0.4, 0.5) is 0 Å². The molecule has 1 unspecified atom stereocenters. The molecule has 0 aromatic heterocycles. The van der Waals surface area contributed by atoms with Crippen molar-refractivity contribution in [2.24, 2.45) is 0 Å². The van der Waals surface area contributed by atoms with Crippen molar-refractivity contribution in [3.8, 4) is 0 Å². The second-order valence-electron chi connectivity index (χ2n) is 5.57. The van der Waals surface area contributed by atoms with E-state index in [2.05, 4.69) is 19.9 Å². The lowest BCUT2D eigenvalue weighted by atomic mass is 9.66. The molecule has 2 N–H and O–H groups in total. The number of benzene rings is 1. The number of aliphatic hydroxyl groups is 2. The van der Waals surface area contributed by atoms with Crippen molar-refractivity contribution in [2.75, 3.05) is 0 Å². The van der Waals surface area contributed by atoms with Gasteiger partial charge in [0.1, 0.15) is 0 Å². The Hall–Kier alpha value is -1.38. The van der Waals surface area contributed by atoms with Crippen LogP contribution in [0.3, 0.4) is 0 Å². The highest BCUT2D eigenvalue weighted by atomic mass is 16.5. The monoisotopic (exact) mass is 272 g/mol. The van der Waals surface area contributed by atoms with E-state index in [1.54, 1.807) is 6.08 Å². The third-order valence-electron chi connectivity index (χ3n) is 4.14. The quantitative estimate of drug-likeness (QED) is 0.806. The maximum Gasteiger partial charge on any atom is 0.196 e. The molecule has 20 heavy (non-hydrogen) atoms. The van der Waals surface area contributed by atoms with Gasteiger partial charge in [-0.15, -0.1) is 0 Å². The molecule has 2 nitrogen and oxygen atoms in total. The molecule has 0 saturated carbocycles. The summed E-state index contributed by atoms with van der Waals surface area (Å²) < 4.78 is 0. The molecular formula is C18H24O2. The molecule has 0 heterocycles. The molecular weight excluding hydrogens is 248 g/mol. The third kappa shape index (κ3) is 2.46. The number of hydrogen-bond acceptors (Lipinski definition) is 2. The van der Waals surface area contributed by atoms with E-state index < -0.39 is 11.2 Å². The molecule has 0 bridgehead atoms. The fraction of sp³-hybridized carbons (Fsp3) is 0.444. The first-order valence-corrected chi connectivity index (χ1v) is 7.47. The molecule has 0 radical (unpaired) electrons. The standard InChI is InChI=1S/C18H24O2/c1-3-9-15-10-5-6-11-16(15)17(12-4-2)13-7-8-14-18(17,19)20/h5-8,10-11,13-14,19-20H,3-4,9,12H2,1-2H3. The largest absolute Gasteiger partial charge is 0.361 e. The molecule has 0 amide bonds. The first-order valence-electron chi connectivity index (χ1n) is 7.47. The Balaban J connectivity index is 2.59. The Morgan fingerprint density at radius 3 is 2.30 bits per heavy atom. The summed E-state index contributed by atoms with van der Waals surface area (Å²) in [5, 5.41) is 21.2. The first-order chi connectivity index (χ1) is 9.57. The number of aryl methyl sites for hydroxylation is 1. The normalized spacial score (nSPS) is 24.0. The molecule has 2 rings (SSSR count). The van der Waals surface area contributed by atoms with Crippen LogP contribution in [0.2, 0.25) is 0 Å². The van der Waals surface area contributed by atoms with Gasteiger partial charge in [-0.2, -0.15) is 0 Å². The summed E-state index contributed by atoms with van der Waals surface area (Å²) in [5.74, 6) is -1.83. The molecule has 0 saturated heterocycles. The summed E-state index contributed by atoms with van der Waals surface area (Å²) in [7, 11) is 0. The Labute approximate surface area is 121 Å². The first kappa shape index (κ1) is 15.0. The van der Waals surface area contributed by atoms with Crippen molar-refractivity contribution >= 4 is 0 Å². The Kier molecular flexibility index (Phi) is 4.46. The van der Waals surface area contributed by atoms with Gasteiger partial charge in [0.15, 0.2) is 5.79 Å². The molecule has 1 aromatic carbocycles. The van der Waals surface area contributed by atoms with Crippen LogP contribution in [0.5, 0.6) is 0 Å². The maximum atomic E-state index is 10.6. The maximum absolute atomic E-state index is 10.6. The second-order valence-corrected chi connectivity index (χ2v) is 5.57. The van der Waals surface area contributed by atoms with Crippen molar-refractivity contribution in [1.29, 1.82) is 0 Å². The average molecular weight is 272 g/mol. The fourth-order valence-electron chi connectivity index (χ4n) is 3.21. The van der Waals surface area contributed by atoms with Gasteiger partial charge in [0, 0.05) is 0 Å². The van der Waals surface area contributed by atoms with E-state index in [1.807, 2.05) is 30.4 Å². The molecule has 0 spiro atoms. The Morgan fingerprint density at radius 2 is 1.65 bits per heavy atom. The smallest absolute Gasteiger partial charge is 0.196 e. The minimum atomic E-state index is -1.83. The molecule has 2 heteroatoms. The molecule has 1 aliphatic rings. The number of allylic oxidation sites excluding steroid dienone is 2. The summed E-state index contributed by atoms with van der Waals surface area (Å²) in [6, 6.07) is 8.13. The second kappa shape index (κ2) is 5.94. The van der Waals surface area contributed by atoms with Crippen molar-refractivity contribution in [1.82, 2.24) is 0 Å². The molecule has 1 aromatic rings. The predicted molar refractivity (Wildman–Crippen MR) is 82.5 cm³/mol. The Bertz CT molecular complexity index is 514. The zero-order valence-corrected chi connectivity index (χ0v) is 12.3. The summed E-state index contributed by atoms with van der Waals surface area (Å²) in [6.45, 7) is 4.22. The van der Waals surface area contributed by atoms with Crippen molar-refractivity contribution < 1.29 is 10.2 Å². The van der Waals surface area contributed by atoms with Crippen LogP contribution in [0.15, 0.2) is 48.6 Å². The van der Waals surface area contributed by atoms with Crippen molar-refractivity contribution in [3.63, 3.8) is 0 Å². The fourth-order valence-corrected chi connectivity index (χ4v) is 3.21. The SMILES string of the molecule is CCCc1ccccc1C1(CCC)C=CC=CC1(O)O. The number of rotatable bonds is 5. The van der Waals surface area contributed by atoms with E-state index in [-0.39, 0.29) is 0 Å². The van der Waals surface area contributed by atoms with Crippen LogP contribution in [-0.2, 0) is 11.8 Å². The van der Waals surface area contributed by atoms with Crippen LogP contribution < -0.4 is 0 Å². The van der Waals surface area contributed by atoms with Gasteiger partial charge in [0.05, 0.1) is 5.41 Å². The highest BCUT2D eigenvalue weighted by molar-refractivity contribution is 5.45. The van der Waals surface area contributed by atoms with E-state index in [4.69, 9.17) is 0 Å². The lowest BCUT2D eigenvalue weighted by molar-refractivity contribution is -0.164. The topological polar surface area (TPSA) is 40.5 Å². The van der Waals surface area contributed by atoms with E-state index in [9.17, 15) is 10.2 Å². The highest BCUT2D eigenvalue weighted by Crippen LogP contribution is 2.44. The van der Waals surface area contributed by atoms with E-state index in [1.165, 1.54) is 11.6 Å². The summed E-state index contributed by atoms with van der Waals surface area (Å²) >= 11 is 0. The molecule has 1 atom stereocenters. The average Bonchev–Trinajstić information content (AvgIpc) is 2.42. The van der Waals surface area contributed by atoms with Gasteiger partial charge in [-0.05, 0) is 30.0 Å². The van der Waals surface area contributed by atoms with Gasteiger partial charge < -0.3 is 10.2 Å². The lowest BCUT2D eigenvalue weighted by Gasteiger charge is -2.43. The van der Waals surface area contributed by atoms with Gasteiger partial charge in [-0.25, -0.2) is 0 Å². The third-order valence-corrected chi connectivity index (χ3v) is 4.14. The Morgan fingerprint density at radius 1 is 0.950 bits per heavy atom. The van der Waals surface area contributed by atoms with Crippen LogP contribution >= 0.6 is 0 Å². The van der Waals surface area contributed by atoms with Gasteiger partial charge in [-0.1, -0.05) is 69.2 Å². The van der Waals surface area contributed by atoms with E-state index >= 15 is 0 Å². The summed E-state index contributed by atoms with van der Waals surface area (Å²) in [6.07, 6.45) is 10.7. The number of hydrogen-bond donors (Lipinski definition) is 2. The van der Waals surface area contributed by atoms with Gasteiger partial charge in [-0.3, -0.25) is 0 Å². The summed E-state index contributed by atoms with van der Waals surface area (Å²) in [4.78, 5) is 0. The zero-order chi connectivity index (χ0) is 14.6. The highest BCUT2D eigenvalue weighted by Gasteiger charge is 2.48. The molecule has 108 valence electrons. The minimum absolute atomic E-state index is 0.710. The predicted octanol–water partition coefficient (Wildman–Crippen LogP) is 3.48. The zero-order valence-electron chi connectivity index (χ0n) is 12.3. The van der Waals surface area contributed by atoms with Crippen molar-refractivity contribution in [2.45, 2.75) is 50.7 Å². The van der Waals surface area contributed by atoms with E-state index in [0.717, 1.165) is 24.8 Å². The van der Waals surface area contributed by atoms with Gasteiger partial charge in [0.25, 0.3) is 0 Å².